The molecule has 0 radical (unpaired) electrons. The maximum absolute atomic E-state index is 14.2. The number of benzene rings is 4. The van der Waals surface area contributed by atoms with Gasteiger partial charge in [-0.2, -0.15) is 5.26 Å². The van der Waals surface area contributed by atoms with Crippen molar-refractivity contribution in [3.05, 3.63) is 131 Å². The first-order valence-electron chi connectivity index (χ1n) is 15.8. The summed E-state index contributed by atoms with van der Waals surface area (Å²) in [7, 11) is 1.27. The number of nitrogens with zero attached hydrogens (tertiary/aromatic N) is 2. The van der Waals surface area contributed by atoms with E-state index >= 15 is 0 Å². The molecule has 1 aliphatic rings. The molecule has 0 unspecified atom stereocenters. The van der Waals surface area contributed by atoms with Crippen molar-refractivity contribution < 1.29 is 19.1 Å². The van der Waals surface area contributed by atoms with Crippen LogP contribution in [0.15, 0.2) is 114 Å². The number of aryl methyl sites for hydroxylation is 1. The molecule has 8 nitrogen and oxygen atoms in total. The first-order chi connectivity index (χ1) is 22.9. The minimum Gasteiger partial charge on any atom is -0.452 e. The van der Waals surface area contributed by atoms with Crippen molar-refractivity contribution in [2.75, 3.05) is 24.3 Å². The van der Waals surface area contributed by atoms with E-state index in [0.29, 0.717) is 30.6 Å². The van der Waals surface area contributed by atoms with Gasteiger partial charge in [-0.1, -0.05) is 78.9 Å². The summed E-state index contributed by atoms with van der Waals surface area (Å²) in [5.74, 6) is -0.266. The number of amides is 2. The average molecular weight is 649 g/mol. The number of ether oxygens (including phenoxy) is 2. The predicted octanol–water partition coefficient (Wildman–Crippen LogP) is 6.29. The van der Waals surface area contributed by atoms with Crippen LogP contribution in [0.5, 0.6) is 0 Å². The number of morpholine rings is 1. The fourth-order valence-electron chi connectivity index (χ4n) is 5.89. The lowest BCUT2D eigenvalue weighted by Crippen LogP contribution is -2.52. The normalized spacial score (nSPS) is 18.2. The van der Waals surface area contributed by atoms with E-state index < -0.39 is 24.0 Å². The minimum atomic E-state index is -1.06. The Balaban J connectivity index is 1.32. The topological polar surface area (TPSA) is 118 Å². The molecule has 0 spiro atoms. The van der Waals surface area contributed by atoms with Crippen molar-refractivity contribution >= 4 is 29.4 Å². The van der Waals surface area contributed by atoms with E-state index in [1.54, 1.807) is 23.9 Å². The zero-order valence-electron chi connectivity index (χ0n) is 26.6. The standard InChI is InChI=1S/C38H40N4O4S/c1-26-34(25-47-32-21-17-27(23-39)18-22-32)46-31(24-41-26)20-19-28-11-9-10-16-33(28)42(38(44)45-2)37(43)36(40)35(29-12-5-3-6-13-29)30-14-7-4-8-15-30/h3-18,21-22,26,31,34-36,41H,19-20,24-25,40H2,1-2H3/t26-,31-,34-,36+/m1/s1. The van der Waals surface area contributed by atoms with Crippen LogP contribution in [0.3, 0.4) is 0 Å². The zero-order valence-corrected chi connectivity index (χ0v) is 27.4. The first kappa shape index (κ1) is 33.9. The predicted molar refractivity (Wildman–Crippen MR) is 185 cm³/mol. The molecule has 0 saturated carbocycles. The molecule has 47 heavy (non-hydrogen) atoms. The molecule has 0 aromatic heterocycles. The molecular formula is C38H40N4O4S. The summed E-state index contributed by atoms with van der Waals surface area (Å²) in [5.41, 5.74) is 10.4. The number of methoxy groups -OCH3 is 1. The molecule has 2 amide bonds. The molecular weight excluding hydrogens is 609 g/mol. The van der Waals surface area contributed by atoms with Crippen molar-refractivity contribution in [2.24, 2.45) is 5.73 Å². The highest BCUT2D eigenvalue weighted by Crippen LogP contribution is 2.31. The number of para-hydroxylation sites is 1. The molecule has 1 heterocycles. The monoisotopic (exact) mass is 648 g/mol. The molecule has 0 aliphatic carbocycles. The molecule has 1 aliphatic heterocycles. The number of carbonyl (C=O) groups is 2. The van der Waals surface area contributed by atoms with Gasteiger partial charge in [0, 0.05) is 29.2 Å². The van der Waals surface area contributed by atoms with E-state index in [9.17, 15) is 9.59 Å². The van der Waals surface area contributed by atoms with Gasteiger partial charge < -0.3 is 20.5 Å². The van der Waals surface area contributed by atoms with Crippen LogP contribution in [0.25, 0.3) is 0 Å². The summed E-state index contributed by atoms with van der Waals surface area (Å²) in [6.07, 6.45) is 0.394. The number of hydrogen-bond donors (Lipinski definition) is 2. The van der Waals surface area contributed by atoms with Crippen LogP contribution in [-0.2, 0) is 20.7 Å². The Bertz CT molecular complexity index is 1620. The van der Waals surface area contributed by atoms with Crippen molar-refractivity contribution in [1.29, 1.82) is 5.26 Å². The Labute approximate surface area is 280 Å². The second-order valence-electron chi connectivity index (χ2n) is 11.6. The molecule has 1 saturated heterocycles. The molecule has 242 valence electrons. The number of carbonyl (C=O) groups excluding carboxylic acids is 2. The maximum Gasteiger partial charge on any atom is 0.420 e. The van der Waals surface area contributed by atoms with E-state index in [4.69, 9.17) is 20.5 Å². The summed E-state index contributed by atoms with van der Waals surface area (Å²) >= 11 is 1.70. The highest BCUT2D eigenvalue weighted by atomic mass is 32.2. The molecule has 5 rings (SSSR count). The van der Waals surface area contributed by atoms with Gasteiger partial charge in [0.05, 0.1) is 42.7 Å². The number of hydrogen-bond acceptors (Lipinski definition) is 8. The number of nitrogens with two attached hydrogens (primary N) is 1. The Morgan fingerprint density at radius 2 is 1.60 bits per heavy atom. The van der Waals surface area contributed by atoms with E-state index in [0.717, 1.165) is 32.2 Å². The van der Waals surface area contributed by atoms with Crippen molar-refractivity contribution in [1.82, 2.24) is 5.32 Å². The largest absolute Gasteiger partial charge is 0.452 e. The molecule has 0 bridgehead atoms. The molecule has 4 aromatic carbocycles. The van der Waals surface area contributed by atoms with Gasteiger partial charge in [-0.05, 0) is 66.8 Å². The summed E-state index contributed by atoms with van der Waals surface area (Å²) in [6.45, 7) is 2.82. The van der Waals surface area contributed by atoms with Crippen LogP contribution >= 0.6 is 11.8 Å². The maximum atomic E-state index is 14.2. The molecule has 4 aromatic rings. The first-order valence-corrected chi connectivity index (χ1v) is 16.7. The second-order valence-corrected chi connectivity index (χ2v) is 12.7. The third-order valence-electron chi connectivity index (χ3n) is 8.50. The number of imide groups is 1. The van der Waals surface area contributed by atoms with E-state index in [1.807, 2.05) is 97.1 Å². The summed E-state index contributed by atoms with van der Waals surface area (Å²) < 4.78 is 11.7. The fourth-order valence-corrected chi connectivity index (χ4v) is 6.95. The molecule has 4 atom stereocenters. The van der Waals surface area contributed by atoms with Crippen LogP contribution in [-0.4, -0.2) is 55.7 Å². The van der Waals surface area contributed by atoms with Crippen molar-refractivity contribution in [3.63, 3.8) is 0 Å². The lowest BCUT2D eigenvalue weighted by molar-refractivity contribution is -0.119. The number of rotatable bonds is 11. The van der Waals surface area contributed by atoms with Gasteiger partial charge in [0.25, 0.3) is 5.91 Å². The van der Waals surface area contributed by atoms with Crippen LogP contribution < -0.4 is 16.0 Å². The summed E-state index contributed by atoms with van der Waals surface area (Å²) in [5, 5.41) is 12.7. The number of nitriles is 1. The Morgan fingerprint density at radius 1 is 0.979 bits per heavy atom. The Kier molecular flexibility index (Phi) is 11.8. The highest BCUT2D eigenvalue weighted by molar-refractivity contribution is 7.99. The SMILES string of the molecule is COC(=O)N(C(=O)[C@@H](N)C(c1ccccc1)c1ccccc1)c1ccccc1CC[C@@H]1CN[C@H](C)[C@@H](CSc2ccc(C#N)cc2)O1. The van der Waals surface area contributed by atoms with E-state index in [-0.39, 0.29) is 18.2 Å². The Morgan fingerprint density at radius 3 is 2.21 bits per heavy atom. The number of thioether (sulfide) groups is 1. The van der Waals surface area contributed by atoms with E-state index in [2.05, 4.69) is 18.3 Å². The average Bonchev–Trinajstić information content (AvgIpc) is 3.12. The second kappa shape index (κ2) is 16.4. The zero-order chi connectivity index (χ0) is 33.2. The van der Waals surface area contributed by atoms with E-state index in [1.165, 1.54) is 7.11 Å². The number of anilines is 1. The molecule has 1 fully saturated rings. The third kappa shape index (κ3) is 8.47. The van der Waals surface area contributed by atoms with Gasteiger partial charge in [0.1, 0.15) is 0 Å². The molecule has 3 N–H and O–H groups in total. The third-order valence-corrected chi connectivity index (χ3v) is 9.60. The van der Waals surface area contributed by atoms with Gasteiger partial charge >= 0.3 is 6.09 Å². The fraction of sp³-hybridized carbons (Fsp3) is 0.289. The van der Waals surface area contributed by atoms with Crippen LogP contribution in [0.2, 0.25) is 0 Å². The highest BCUT2D eigenvalue weighted by Gasteiger charge is 2.36. The Hall–Kier alpha value is -4.46. The van der Waals surface area contributed by atoms with Crippen LogP contribution in [0, 0.1) is 11.3 Å². The van der Waals surface area contributed by atoms with Crippen molar-refractivity contribution in [2.45, 2.75) is 54.9 Å². The molecule has 9 heteroatoms. The lowest BCUT2D eigenvalue weighted by Gasteiger charge is -2.36. The van der Waals surface area contributed by atoms with Gasteiger partial charge in [-0.3, -0.25) is 4.79 Å². The quantitative estimate of drug-likeness (QED) is 0.182. The van der Waals surface area contributed by atoms with Gasteiger partial charge in [0.15, 0.2) is 0 Å². The van der Waals surface area contributed by atoms with Crippen molar-refractivity contribution in [3.8, 4) is 6.07 Å². The van der Waals surface area contributed by atoms with Gasteiger partial charge in [-0.15, -0.1) is 11.8 Å². The van der Waals surface area contributed by atoms with Gasteiger partial charge in [0.2, 0.25) is 0 Å². The minimum absolute atomic E-state index is 0.0105. The lowest BCUT2D eigenvalue weighted by atomic mass is 9.84. The van der Waals surface area contributed by atoms with Crippen LogP contribution in [0.1, 0.15) is 41.5 Å². The van der Waals surface area contributed by atoms with Crippen LogP contribution in [0.4, 0.5) is 10.5 Å². The smallest absolute Gasteiger partial charge is 0.420 e. The summed E-state index contributed by atoms with van der Waals surface area (Å²) in [6, 6.07) is 35.5. The summed E-state index contributed by atoms with van der Waals surface area (Å²) in [4.78, 5) is 29.7. The van der Waals surface area contributed by atoms with Gasteiger partial charge in [-0.25, -0.2) is 9.69 Å². The number of nitrogens with one attached hydrogen (secondary N) is 1.